The average molecular weight is 187 g/mol. The molecule has 1 amide bonds. The lowest BCUT2D eigenvalue weighted by atomic mass is 10.3. The summed E-state index contributed by atoms with van der Waals surface area (Å²) in [4.78, 5) is 13.0. The fourth-order valence-electron chi connectivity index (χ4n) is 1.26. The molecule has 68 valence electrons. The Morgan fingerprint density at radius 3 is 3.08 bits per heavy atom. The minimum absolute atomic E-state index is 0.00874. The number of thiol groups is 1. The van der Waals surface area contributed by atoms with Gasteiger partial charge in [0.2, 0.25) is 5.91 Å². The maximum atomic E-state index is 11.3. The van der Waals surface area contributed by atoms with Crippen LogP contribution in [0.1, 0.15) is 6.42 Å². The van der Waals surface area contributed by atoms with Crippen molar-refractivity contribution in [2.75, 3.05) is 18.9 Å². The van der Waals surface area contributed by atoms with Crippen molar-refractivity contribution in [3.05, 3.63) is 12.2 Å². The molecule has 1 atom stereocenters. The Morgan fingerprint density at radius 2 is 2.50 bits per heavy atom. The van der Waals surface area contributed by atoms with Crippen LogP contribution in [0.4, 0.5) is 0 Å². The average Bonchev–Trinajstić information content (AvgIpc) is 2.51. The van der Waals surface area contributed by atoms with Crippen molar-refractivity contribution in [1.29, 1.82) is 0 Å². The number of carbonyl (C=O) groups excluding carboxylic acids is 1. The minimum Gasteiger partial charge on any atom is -0.394 e. The van der Waals surface area contributed by atoms with E-state index in [9.17, 15) is 4.79 Å². The molecule has 0 spiro atoms. The summed E-state index contributed by atoms with van der Waals surface area (Å²) in [5.41, 5.74) is 0. The first kappa shape index (κ1) is 9.61. The molecule has 4 heteroatoms. The summed E-state index contributed by atoms with van der Waals surface area (Å²) >= 11 is 3.98. The highest BCUT2D eigenvalue weighted by Crippen LogP contribution is 2.10. The SMILES string of the molecule is O=C(CCS)N1CC=CC1CO. The number of carbonyl (C=O) groups is 1. The lowest BCUT2D eigenvalue weighted by molar-refractivity contribution is -0.131. The molecule has 1 N–H and O–H groups in total. The summed E-state index contributed by atoms with van der Waals surface area (Å²) in [6.45, 7) is 0.632. The van der Waals surface area contributed by atoms with Crippen LogP contribution in [0.15, 0.2) is 12.2 Å². The van der Waals surface area contributed by atoms with Gasteiger partial charge in [0.1, 0.15) is 0 Å². The van der Waals surface area contributed by atoms with E-state index in [1.807, 2.05) is 12.2 Å². The molecular weight excluding hydrogens is 174 g/mol. The predicted molar refractivity (Wildman–Crippen MR) is 50.2 cm³/mol. The number of hydrogen-bond acceptors (Lipinski definition) is 3. The Bertz CT molecular complexity index is 193. The van der Waals surface area contributed by atoms with Gasteiger partial charge >= 0.3 is 0 Å². The minimum atomic E-state index is -0.114. The highest BCUT2D eigenvalue weighted by atomic mass is 32.1. The van der Waals surface area contributed by atoms with Crippen LogP contribution in [-0.4, -0.2) is 40.9 Å². The Labute approximate surface area is 77.5 Å². The third-order valence-corrected chi connectivity index (χ3v) is 2.12. The third kappa shape index (κ3) is 2.01. The highest BCUT2D eigenvalue weighted by molar-refractivity contribution is 7.80. The second-order valence-electron chi connectivity index (χ2n) is 2.70. The predicted octanol–water partition coefficient (Wildman–Crippen LogP) is 0.0656. The van der Waals surface area contributed by atoms with Crippen LogP contribution >= 0.6 is 12.6 Å². The van der Waals surface area contributed by atoms with Gasteiger partial charge in [-0.25, -0.2) is 0 Å². The molecule has 0 fully saturated rings. The van der Waals surface area contributed by atoms with E-state index in [2.05, 4.69) is 12.6 Å². The van der Waals surface area contributed by atoms with E-state index in [4.69, 9.17) is 5.11 Å². The summed E-state index contributed by atoms with van der Waals surface area (Å²) in [5, 5.41) is 8.89. The number of aliphatic hydroxyl groups is 1. The summed E-state index contributed by atoms with van der Waals surface area (Å²) in [6.07, 6.45) is 4.20. The molecule has 12 heavy (non-hydrogen) atoms. The first-order chi connectivity index (χ1) is 5.79. The van der Waals surface area contributed by atoms with Gasteiger partial charge in [0, 0.05) is 13.0 Å². The zero-order valence-electron chi connectivity index (χ0n) is 6.81. The molecule has 3 nitrogen and oxygen atoms in total. The molecule has 0 saturated carbocycles. The van der Waals surface area contributed by atoms with Crippen molar-refractivity contribution in [3.63, 3.8) is 0 Å². The number of rotatable bonds is 3. The Morgan fingerprint density at radius 1 is 1.75 bits per heavy atom. The molecule has 1 rings (SSSR count). The summed E-state index contributed by atoms with van der Waals surface area (Å²) in [7, 11) is 0. The van der Waals surface area contributed by atoms with Crippen molar-refractivity contribution >= 4 is 18.5 Å². The van der Waals surface area contributed by atoms with Crippen molar-refractivity contribution in [2.24, 2.45) is 0 Å². The Hall–Kier alpha value is -0.480. The van der Waals surface area contributed by atoms with Crippen LogP contribution < -0.4 is 0 Å². The van der Waals surface area contributed by atoms with E-state index in [1.165, 1.54) is 0 Å². The van der Waals surface area contributed by atoms with Gasteiger partial charge in [-0.3, -0.25) is 4.79 Å². The number of aliphatic hydroxyl groups excluding tert-OH is 1. The lowest BCUT2D eigenvalue weighted by Gasteiger charge is -2.22. The Kier molecular flexibility index (Phi) is 3.62. The molecule has 0 radical (unpaired) electrons. The number of amides is 1. The van der Waals surface area contributed by atoms with Crippen LogP contribution in [0.5, 0.6) is 0 Å². The van der Waals surface area contributed by atoms with Crippen LogP contribution in [0, 0.1) is 0 Å². The van der Waals surface area contributed by atoms with Gasteiger partial charge in [-0.05, 0) is 5.75 Å². The molecular formula is C8H13NO2S. The number of nitrogens with zero attached hydrogens (tertiary/aromatic N) is 1. The molecule has 0 aromatic rings. The molecule has 0 aliphatic carbocycles. The first-order valence-electron chi connectivity index (χ1n) is 3.97. The fraction of sp³-hybridized carbons (Fsp3) is 0.625. The second-order valence-corrected chi connectivity index (χ2v) is 3.14. The lowest BCUT2D eigenvalue weighted by Crippen LogP contribution is -2.38. The molecule has 1 aliphatic heterocycles. The molecule has 0 aromatic carbocycles. The smallest absolute Gasteiger partial charge is 0.224 e. The largest absolute Gasteiger partial charge is 0.394 e. The van der Waals surface area contributed by atoms with Crippen LogP contribution in [0.2, 0.25) is 0 Å². The van der Waals surface area contributed by atoms with Crippen LogP contribution in [0.25, 0.3) is 0 Å². The molecule has 1 heterocycles. The third-order valence-electron chi connectivity index (χ3n) is 1.89. The van der Waals surface area contributed by atoms with Crippen molar-refractivity contribution < 1.29 is 9.90 Å². The van der Waals surface area contributed by atoms with Gasteiger partial charge in [-0.1, -0.05) is 12.2 Å². The zero-order chi connectivity index (χ0) is 8.97. The molecule has 0 aromatic heterocycles. The van der Waals surface area contributed by atoms with Crippen LogP contribution in [-0.2, 0) is 4.79 Å². The van der Waals surface area contributed by atoms with Gasteiger partial charge in [-0.15, -0.1) is 0 Å². The van der Waals surface area contributed by atoms with Crippen molar-refractivity contribution in [1.82, 2.24) is 4.90 Å². The van der Waals surface area contributed by atoms with Crippen LogP contribution in [0.3, 0.4) is 0 Å². The maximum Gasteiger partial charge on any atom is 0.224 e. The van der Waals surface area contributed by atoms with Crippen molar-refractivity contribution in [3.8, 4) is 0 Å². The number of hydrogen-bond donors (Lipinski definition) is 2. The van der Waals surface area contributed by atoms with E-state index in [0.717, 1.165) is 0 Å². The van der Waals surface area contributed by atoms with E-state index in [0.29, 0.717) is 18.7 Å². The van der Waals surface area contributed by atoms with E-state index >= 15 is 0 Å². The standard InChI is InChI=1S/C8H13NO2S/c10-6-7-2-1-4-9(7)8(11)3-5-12/h1-2,7,10,12H,3-6H2. The van der Waals surface area contributed by atoms with Gasteiger partial charge < -0.3 is 10.0 Å². The summed E-state index contributed by atoms with van der Waals surface area (Å²) < 4.78 is 0. The second kappa shape index (κ2) is 4.52. The normalized spacial score (nSPS) is 21.8. The molecule has 1 aliphatic rings. The topological polar surface area (TPSA) is 40.5 Å². The van der Waals surface area contributed by atoms with E-state index in [-0.39, 0.29) is 18.6 Å². The van der Waals surface area contributed by atoms with Gasteiger partial charge in [0.25, 0.3) is 0 Å². The quantitative estimate of drug-likeness (QED) is 0.485. The van der Waals surface area contributed by atoms with Gasteiger partial charge in [-0.2, -0.15) is 12.6 Å². The van der Waals surface area contributed by atoms with Crippen molar-refractivity contribution in [2.45, 2.75) is 12.5 Å². The maximum absolute atomic E-state index is 11.3. The molecule has 0 saturated heterocycles. The molecule has 1 unspecified atom stereocenters. The zero-order valence-corrected chi connectivity index (χ0v) is 7.70. The monoisotopic (exact) mass is 187 g/mol. The first-order valence-corrected chi connectivity index (χ1v) is 4.60. The summed E-state index contributed by atoms with van der Waals surface area (Å²) in [5.74, 6) is 0.627. The molecule has 0 bridgehead atoms. The Balaban J connectivity index is 2.46. The van der Waals surface area contributed by atoms with E-state index < -0.39 is 0 Å². The summed E-state index contributed by atoms with van der Waals surface area (Å²) in [6, 6.07) is -0.114. The fourth-order valence-corrected chi connectivity index (χ4v) is 1.45. The van der Waals surface area contributed by atoms with E-state index in [1.54, 1.807) is 4.90 Å². The van der Waals surface area contributed by atoms with Gasteiger partial charge in [0.15, 0.2) is 0 Å². The highest BCUT2D eigenvalue weighted by Gasteiger charge is 2.22. The van der Waals surface area contributed by atoms with Gasteiger partial charge in [0.05, 0.1) is 12.6 Å².